The molecule has 0 spiro atoms. The zero-order valence-electron chi connectivity index (χ0n) is 53.1. The van der Waals surface area contributed by atoms with Crippen LogP contribution in [0.15, 0.2) is 243 Å². The van der Waals surface area contributed by atoms with E-state index in [0.717, 1.165) is 116 Å². The van der Waals surface area contributed by atoms with E-state index in [2.05, 4.69) is 358 Å². The first-order valence-electron chi connectivity index (χ1n) is 31.0. The molecular formula is C82H77N5OPt. The summed E-state index contributed by atoms with van der Waals surface area (Å²) in [7, 11) is 0. The van der Waals surface area contributed by atoms with Crippen molar-refractivity contribution in [3.05, 3.63) is 269 Å². The normalized spacial score (nSPS) is 12.6. The van der Waals surface area contributed by atoms with Gasteiger partial charge in [-0.3, -0.25) is 4.98 Å². The molecule has 7 heteroatoms. The van der Waals surface area contributed by atoms with Gasteiger partial charge in [-0.2, -0.15) is 0 Å². The van der Waals surface area contributed by atoms with E-state index in [-0.39, 0.29) is 21.7 Å². The summed E-state index contributed by atoms with van der Waals surface area (Å²) in [6.45, 7) is 27.5. The number of anilines is 5. The van der Waals surface area contributed by atoms with Gasteiger partial charge >= 0.3 is 341 Å². The minimum atomic E-state index is -0.354. The number of pyridine rings is 1. The number of nitrogens with zero attached hydrogens (tertiary/aromatic N) is 4. The molecule has 446 valence electrons. The molecule has 13 rings (SSSR count). The Morgan fingerprint density at radius 3 is 1.46 bits per heavy atom. The molecule has 1 aliphatic rings. The van der Waals surface area contributed by atoms with Crippen molar-refractivity contribution in [1.29, 1.82) is 0 Å². The van der Waals surface area contributed by atoms with Gasteiger partial charge in [0.15, 0.2) is 0 Å². The van der Waals surface area contributed by atoms with Crippen molar-refractivity contribution >= 4 is 39.5 Å². The molecule has 10 aromatic carbocycles. The molecule has 12 aromatic rings. The van der Waals surface area contributed by atoms with Gasteiger partial charge in [-0.1, -0.05) is 90.1 Å². The van der Waals surface area contributed by atoms with Gasteiger partial charge in [0.1, 0.15) is 0 Å². The number of aromatic nitrogens is 3. The first-order valence-corrected chi connectivity index (χ1v) is 32.1. The number of nitrogens with one attached hydrogen (secondary N) is 1. The first-order chi connectivity index (χ1) is 42.6. The van der Waals surface area contributed by atoms with Gasteiger partial charge < -0.3 is 4.90 Å². The first kappa shape index (κ1) is 58.9. The molecule has 0 aliphatic carbocycles. The summed E-state index contributed by atoms with van der Waals surface area (Å²) < 4.78 is 13.4. The standard InChI is InChI=1S/C82H77N5O.Pt/c1-79(2,3)56-43-44-83-70(49-56)68-48-58(81(7,8)9)47-67-63-38-23-25-40-73(63)87(59-33-20-15-21-34-59)72-39-24-22-37-62(72)66-51-69(82(10,11)12)76(52-71(66)84-77(67)68)88-61-36-28-35-60(50-61)85-53-86(75-42-27-26-41-74(75)85)78-64(54-29-16-13-17-30-54)45-57(80(4,5)6)46-65(78)55-31-18-14-19-32-55;/h13-52,84H,1-12H3;. The van der Waals surface area contributed by atoms with Gasteiger partial charge in [-0.25, -0.2) is 0 Å². The monoisotopic (exact) mass is 1340 g/mol. The summed E-state index contributed by atoms with van der Waals surface area (Å²) >= 11 is 2.55. The maximum absolute atomic E-state index is 7.50. The summed E-state index contributed by atoms with van der Waals surface area (Å²) in [4.78, 5) is 7.67. The van der Waals surface area contributed by atoms with E-state index in [1.54, 1.807) is 0 Å². The third-order valence-corrected chi connectivity index (χ3v) is 18.4. The van der Waals surface area contributed by atoms with E-state index in [0.29, 0.717) is 0 Å². The van der Waals surface area contributed by atoms with E-state index >= 15 is 0 Å². The van der Waals surface area contributed by atoms with Crippen LogP contribution in [0, 0.1) is 3.80 Å². The number of ether oxygens (including phenoxy) is 1. The number of imidazole rings is 1. The summed E-state index contributed by atoms with van der Waals surface area (Å²) in [5, 5.41) is 4.24. The van der Waals surface area contributed by atoms with Crippen molar-refractivity contribution in [2.75, 3.05) is 10.2 Å². The van der Waals surface area contributed by atoms with Crippen molar-refractivity contribution in [1.82, 2.24) is 14.1 Å². The Kier molecular flexibility index (Phi) is 15.1. The van der Waals surface area contributed by atoms with Gasteiger partial charge in [0.05, 0.1) is 11.4 Å². The second-order valence-corrected chi connectivity index (χ2v) is 28.8. The Hall–Kier alpha value is -9.09. The second kappa shape index (κ2) is 22.8. The van der Waals surface area contributed by atoms with E-state index in [9.17, 15) is 0 Å². The van der Waals surface area contributed by atoms with Crippen LogP contribution in [0.5, 0.6) is 11.5 Å². The van der Waals surface area contributed by atoms with Crippen LogP contribution < -0.4 is 15.0 Å². The maximum atomic E-state index is 7.50. The zero-order valence-corrected chi connectivity index (χ0v) is 55.4. The molecular weight excluding hydrogens is 1270 g/mol. The van der Waals surface area contributed by atoms with Gasteiger partial charge in [-0.15, -0.1) is 0 Å². The fourth-order valence-electron chi connectivity index (χ4n) is 12.5. The summed E-state index contributed by atoms with van der Waals surface area (Å²) in [6.07, 6.45) is 1.97. The van der Waals surface area contributed by atoms with Crippen molar-refractivity contribution < 1.29 is 24.1 Å². The SMILES string of the molecule is CC(C)(C)c1ccnc(-c2cc(C(C)(C)C)cc3c2Nc2cc(Oc4cccc(-n5[c](=[Pt])n(-c6c(-c7ccccc7)cc(C(C)(C)C)cc6-c6ccccc6)c6ccccc65)c4)c(C(C)(C)C)cc2-c2ccccc2N(c2ccccc2)c2ccccc2-3)c1. The fourth-order valence-corrected chi connectivity index (χ4v) is 13.6. The average molecular weight is 1340 g/mol. The number of para-hydroxylation sites is 5. The smallest absolute Gasteiger partial charge is 0.309 e. The predicted octanol–water partition coefficient (Wildman–Crippen LogP) is 22.7. The van der Waals surface area contributed by atoms with Crippen LogP contribution in [-0.4, -0.2) is 14.1 Å². The Morgan fingerprint density at radius 2 is 0.888 bits per heavy atom. The number of hydrogen-bond acceptors (Lipinski definition) is 4. The van der Waals surface area contributed by atoms with Crippen LogP contribution in [0.3, 0.4) is 0 Å². The van der Waals surface area contributed by atoms with E-state index in [1.807, 2.05) is 6.20 Å². The Labute approximate surface area is 536 Å². The molecule has 0 fully saturated rings. The minimum Gasteiger partial charge on any atom is -0.309 e. The topological polar surface area (TPSA) is 47.3 Å². The van der Waals surface area contributed by atoms with E-state index in [4.69, 9.17) is 9.72 Å². The predicted molar refractivity (Wildman–Crippen MR) is 370 cm³/mol. The molecule has 0 unspecified atom stereocenters. The molecule has 0 saturated carbocycles. The third-order valence-electron chi connectivity index (χ3n) is 17.4. The van der Waals surface area contributed by atoms with Gasteiger partial charge in [-0.05, 0) is 70.5 Å². The zero-order chi connectivity index (χ0) is 62.1. The molecule has 0 bridgehead atoms. The molecule has 2 aromatic heterocycles. The Bertz CT molecular complexity index is 4660. The van der Waals surface area contributed by atoms with Gasteiger partial charge in [0.2, 0.25) is 0 Å². The Balaban J connectivity index is 1.04. The van der Waals surface area contributed by atoms with Crippen molar-refractivity contribution in [3.8, 4) is 78.6 Å². The summed E-state index contributed by atoms with van der Waals surface area (Å²) in [5.74, 6) is 1.49. The van der Waals surface area contributed by atoms with Crippen molar-refractivity contribution in [3.63, 3.8) is 0 Å². The third kappa shape index (κ3) is 11.2. The molecule has 1 N–H and O–H groups in total. The summed E-state index contributed by atoms with van der Waals surface area (Å²) in [6, 6.07) is 86.3. The van der Waals surface area contributed by atoms with Gasteiger partial charge in [0, 0.05) is 17.4 Å². The van der Waals surface area contributed by atoms with Crippen molar-refractivity contribution in [2.45, 2.75) is 105 Å². The molecule has 0 amide bonds. The Morgan fingerprint density at radius 1 is 0.393 bits per heavy atom. The van der Waals surface area contributed by atoms with E-state index < -0.39 is 0 Å². The molecule has 6 nitrogen and oxygen atoms in total. The van der Waals surface area contributed by atoms with E-state index in [1.165, 1.54) is 27.8 Å². The van der Waals surface area contributed by atoms with Crippen LogP contribution in [0.4, 0.5) is 28.4 Å². The fraction of sp³-hybridized carbons (Fsp3) is 0.195. The number of fused-ring (bicyclic) bond motifs is 7. The van der Waals surface area contributed by atoms with Crippen LogP contribution in [0.2, 0.25) is 0 Å². The molecule has 0 radical (unpaired) electrons. The van der Waals surface area contributed by atoms with Crippen LogP contribution in [-0.2, 0) is 41.0 Å². The molecule has 3 heterocycles. The van der Waals surface area contributed by atoms with Gasteiger partial charge in [0.25, 0.3) is 0 Å². The van der Waals surface area contributed by atoms with Crippen LogP contribution in [0.25, 0.3) is 78.2 Å². The summed E-state index contributed by atoms with van der Waals surface area (Å²) in [5.41, 5.74) is 24.3. The molecule has 0 saturated heterocycles. The molecule has 1 aliphatic heterocycles. The van der Waals surface area contributed by atoms with Crippen LogP contribution >= 0.6 is 0 Å². The van der Waals surface area contributed by atoms with Crippen LogP contribution in [0.1, 0.15) is 105 Å². The number of rotatable bonds is 8. The second-order valence-electron chi connectivity index (χ2n) is 27.8. The minimum absolute atomic E-state index is 0.101. The molecule has 0 atom stereocenters. The number of hydrogen-bond donors (Lipinski definition) is 1. The molecule has 89 heavy (non-hydrogen) atoms. The number of benzene rings is 10. The quantitative estimate of drug-likeness (QED) is 0.165. The average Bonchev–Trinajstić information content (AvgIpc) is 1.77. The van der Waals surface area contributed by atoms with Crippen molar-refractivity contribution in [2.24, 2.45) is 0 Å².